The van der Waals surface area contributed by atoms with Crippen molar-refractivity contribution < 1.29 is 33.4 Å². The number of benzene rings is 1. The zero-order valence-corrected chi connectivity index (χ0v) is 39.4. The fraction of sp³-hybridized carbons (Fsp3) is 0.771. The zero-order valence-electron chi connectivity index (χ0n) is 39.4. The lowest BCUT2D eigenvalue weighted by atomic mass is 9.83. The molecule has 0 spiro atoms. The Balaban J connectivity index is 1.80. The monoisotopic (exact) mass is 840 g/mol. The van der Waals surface area contributed by atoms with Crippen molar-refractivity contribution in [3.05, 3.63) is 35.9 Å². The number of likely N-dealkylation sites (N-methyl/N-ethyl adjacent to an activating group) is 1. The lowest BCUT2D eigenvalue weighted by Gasteiger charge is -2.41. The molecule has 2 fully saturated rings. The maximum absolute atomic E-state index is 14.5. The molecule has 60 heavy (non-hydrogen) atoms. The van der Waals surface area contributed by atoms with Crippen molar-refractivity contribution in [2.45, 2.75) is 150 Å². The molecule has 0 aromatic heterocycles. The second kappa shape index (κ2) is 23.9. The number of carbonyl (C=O) groups is 5. The van der Waals surface area contributed by atoms with Gasteiger partial charge in [-0.25, -0.2) is 0 Å². The third kappa shape index (κ3) is 14.2. The van der Waals surface area contributed by atoms with E-state index in [4.69, 9.17) is 9.47 Å². The van der Waals surface area contributed by atoms with Gasteiger partial charge >= 0.3 is 0 Å². The van der Waals surface area contributed by atoms with Gasteiger partial charge in [0.15, 0.2) is 5.78 Å². The number of hydrogen-bond acceptors (Lipinski definition) is 9. The molecule has 340 valence electrons. The molecule has 0 aliphatic carbocycles. The standard InChI is InChI=1S/C48H81N5O7/c1-14-33(6)44(51(11)47(58)37(31(2)3)29-40(55)43(32(4)5)52-25-22-49-23-26-52)41(59-12)30-42(56)53-24-18-21-38(53)45(60-13)34(7)39(54)28-36(46(57)50-48(8,9)10)27-35-19-16-15-17-20-35/h15-17,19-20,31-34,36-38,41,43-45,49H,14,18,21-30H2,1-13H3,(H,50,57)/t33-,34-,36+,37-,38-,41?,43-,44-,45+/m0/s1. The van der Waals surface area contributed by atoms with Crippen molar-refractivity contribution in [3.8, 4) is 0 Å². The fourth-order valence-corrected chi connectivity index (χ4v) is 9.56. The van der Waals surface area contributed by atoms with Crippen LogP contribution in [0.4, 0.5) is 0 Å². The van der Waals surface area contributed by atoms with Crippen molar-refractivity contribution in [2.75, 3.05) is 54.0 Å². The lowest BCUT2D eigenvalue weighted by molar-refractivity contribution is -0.149. The molecule has 1 unspecified atom stereocenters. The first-order valence-electron chi connectivity index (χ1n) is 22.7. The average molecular weight is 840 g/mol. The molecule has 12 heteroatoms. The van der Waals surface area contributed by atoms with Crippen LogP contribution in [0.1, 0.15) is 113 Å². The van der Waals surface area contributed by atoms with E-state index < -0.39 is 41.5 Å². The molecular formula is C48H81N5O7. The largest absolute Gasteiger partial charge is 0.379 e. The van der Waals surface area contributed by atoms with Crippen LogP contribution in [-0.2, 0) is 39.9 Å². The number of likely N-dealkylation sites (tertiary alicyclic amines) is 1. The highest BCUT2D eigenvalue weighted by atomic mass is 16.5. The smallest absolute Gasteiger partial charge is 0.226 e. The van der Waals surface area contributed by atoms with E-state index in [9.17, 15) is 24.0 Å². The molecule has 0 bridgehead atoms. The molecule has 12 nitrogen and oxygen atoms in total. The summed E-state index contributed by atoms with van der Waals surface area (Å²) in [5.41, 5.74) is 0.533. The Morgan fingerprint density at radius 3 is 2.03 bits per heavy atom. The number of Topliss-reactive ketones (excluding diaryl/α,β-unsaturated/α-hetero) is 2. The summed E-state index contributed by atoms with van der Waals surface area (Å²) in [7, 11) is 4.98. The van der Waals surface area contributed by atoms with Gasteiger partial charge in [0.05, 0.1) is 36.8 Å². The third-order valence-corrected chi connectivity index (χ3v) is 13.0. The first kappa shape index (κ1) is 51.2. The molecule has 2 N–H and O–H groups in total. The van der Waals surface area contributed by atoms with Crippen LogP contribution in [0.3, 0.4) is 0 Å². The summed E-state index contributed by atoms with van der Waals surface area (Å²) in [6.07, 6.45) is 1.74. The van der Waals surface area contributed by atoms with Crippen molar-refractivity contribution in [2.24, 2.45) is 35.5 Å². The number of nitrogens with one attached hydrogen (secondary N) is 2. The Morgan fingerprint density at radius 2 is 1.50 bits per heavy atom. The van der Waals surface area contributed by atoms with Gasteiger partial charge in [-0.3, -0.25) is 28.9 Å². The highest BCUT2D eigenvalue weighted by Gasteiger charge is 2.44. The zero-order chi connectivity index (χ0) is 44.9. The minimum atomic E-state index is -0.601. The van der Waals surface area contributed by atoms with Crippen LogP contribution < -0.4 is 10.6 Å². The number of nitrogens with zero attached hydrogens (tertiary/aromatic N) is 3. The number of rotatable bonds is 23. The van der Waals surface area contributed by atoms with E-state index in [0.29, 0.717) is 19.4 Å². The first-order chi connectivity index (χ1) is 28.3. The van der Waals surface area contributed by atoms with E-state index in [-0.39, 0.29) is 78.4 Å². The van der Waals surface area contributed by atoms with Gasteiger partial charge in [0.2, 0.25) is 17.7 Å². The van der Waals surface area contributed by atoms with Gasteiger partial charge < -0.3 is 29.9 Å². The van der Waals surface area contributed by atoms with Gasteiger partial charge in [0, 0.05) is 90.1 Å². The van der Waals surface area contributed by atoms with E-state index >= 15 is 0 Å². The van der Waals surface area contributed by atoms with Crippen LogP contribution >= 0.6 is 0 Å². The van der Waals surface area contributed by atoms with Crippen LogP contribution in [0.5, 0.6) is 0 Å². The molecule has 0 radical (unpaired) electrons. The average Bonchev–Trinajstić information content (AvgIpc) is 3.68. The molecule has 2 saturated heterocycles. The van der Waals surface area contributed by atoms with Crippen molar-refractivity contribution in [1.82, 2.24) is 25.3 Å². The molecule has 2 aliphatic heterocycles. The summed E-state index contributed by atoms with van der Waals surface area (Å²) in [6, 6.07) is 8.75. The number of amides is 3. The number of ketones is 2. The molecule has 9 atom stereocenters. The van der Waals surface area contributed by atoms with Crippen molar-refractivity contribution in [3.63, 3.8) is 0 Å². The predicted octanol–water partition coefficient (Wildman–Crippen LogP) is 5.80. The van der Waals surface area contributed by atoms with E-state index in [1.807, 2.05) is 76.8 Å². The summed E-state index contributed by atoms with van der Waals surface area (Å²) >= 11 is 0. The molecule has 3 amide bonds. The van der Waals surface area contributed by atoms with Crippen LogP contribution in [0.15, 0.2) is 30.3 Å². The van der Waals surface area contributed by atoms with Crippen LogP contribution in [0.25, 0.3) is 0 Å². The Morgan fingerprint density at radius 1 is 0.867 bits per heavy atom. The van der Waals surface area contributed by atoms with E-state index in [2.05, 4.69) is 43.2 Å². The molecular weight excluding hydrogens is 759 g/mol. The van der Waals surface area contributed by atoms with Crippen LogP contribution in [0, 0.1) is 35.5 Å². The lowest BCUT2D eigenvalue weighted by Crippen LogP contribution is -2.55. The van der Waals surface area contributed by atoms with Gasteiger partial charge in [0.25, 0.3) is 0 Å². The maximum Gasteiger partial charge on any atom is 0.226 e. The van der Waals surface area contributed by atoms with Gasteiger partial charge in [-0.15, -0.1) is 0 Å². The minimum Gasteiger partial charge on any atom is -0.379 e. The van der Waals surface area contributed by atoms with Gasteiger partial charge in [-0.05, 0) is 63.4 Å². The Kier molecular flexibility index (Phi) is 20.4. The highest BCUT2D eigenvalue weighted by Crippen LogP contribution is 2.32. The first-order valence-corrected chi connectivity index (χ1v) is 22.7. The quantitative estimate of drug-likeness (QED) is 0.140. The molecule has 2 heterocycles. The normalized spacial score (nSPS) is 20.5. The summed E-state index contributed by atoms with van der Waals surface area (Å²) in [6.45, 7) is 23.8. The summed E-state index contributed by atoms with van der Waals surface area (Å²) < 4.78 is 12.2. The maximum atomic E-state index is 14.5. The predicted molar refractivity (Wildman–Crippen MR) is 238 cm³/mol. The summed E-state index contributed by atoms with van der Waals surface area (Å²) in [4.78, 5) is 76.4. The molecule has 2 aliphatic rings. The van der Waals surface area contributed by atoms with E-state index in [1.165, 1.54) is 0 Å². The van der Waals surface area contributed by atoms with Crippen LogP contribution in [-0.4, -0.2) is 134 Å². The number of carbonyl (C=O) groups excluding carboxylic acids is 5. The second-order valence-electron chi connectivity index (χ2n) is 19.4. The Labute approximate surface area is 362 Å². The number of piperazine rings is 1. The molecule has 1 aromatic carbocycles. The van der Waals surface area contributed by atoms with Crippen molar-refractivity contribution >= 4 is 29.3 Å². The Bertz CT molecular complexity index is 1520. The van der Waals surface area contributed by atoms with Crippen LogP contribution in [0.2, 0.25) is 0 Å². The number of ether oxygens (including phenoxy) is 2. The van der Waals surface area contributed by atoms with E-state index in [1.54, 1.807) is 26.2 Å². The topological polar surface area (TPSA) is 138 Å². The van der Waals surface area contributed by atoms with Gasteiger partial charge in [0.1, 0.15) is 5.78 Å². The molecule has 0 saturated carbocycles. The SMILES string of the molecule is CC[C@H](C)[C@@H](C(CC(=O)N1CCC[C@H]1[C@H](OC)[C@@H](C)C(=O)C[C@@H](Cc1ccccc1)C(=O)NC(C)(C)C)OC)N(C)C(=O)[C@@H](CC(=O)[C@H](C(C)C)N1CCNCC1)C(C)C. The molecule has 3 rings (SSSR count). The number of methoxy groups -OCH3 is 2. The fourth-order valence-electron chi connectivity index (χ4n) is 9.56. The molecule has 1 aromatic rings. The highest BCUT2D eigenvalue weighted by molar-refractivity contribution is 5.90. The second-order valence-corrected chi connectivity index (χ2v) is 19.4. The number of hydrogen-bond donors (Lipinski definition) is 2. The van der Waals surface area contributed by atoms with Crippen molar-refractivity contribution in [1.29, 1.82) is 0 Å². The van der Waals surface area contributed by atoms with E-state index in [0.717, 1.165) is 44.6 Å². The summed E-state index contributed by atoms with van der Waals surface area (Å²) in [5, 5.41) is 6.45. The minimum absolute atomic E-state index is 0.00235. The Hall–Kier alpha value is -3.19. The summed E-state index contributed by atoms with van der Waals surface area (Å²) in [5.74, 6) is -1.93. The van der Waals surface area contributed by atoms with Gasteiger partial charge in [-0.2, -0.15) is 0 Å². The third-order valence-electron chi connectivity index (χ3n) is 13.0. The van der Waals surface area contributed by atoms with Gasteiger partial charge in [-0.1, -0.05) is 85.2 Å².